The molecule has 1 heterocycles. The van der Waals surface area contributed by atoms with Crippen molar-refractivity contribution in [3.05, 3.63) is 35.4 Å². The predicted octanol–water partition coefficient (Wildman–Crippen LogP) is 2.12. The third-order valence-electron chi connectivity index (χ3n) is 3.19. The molecule has 1 aliphatic rings. The van der Waals surface area contributed by atoms with E-state index in [1.807, 2.05) is 0 Å². The standard InChI is InChI=1S/C14H17F3N2O2.ClH/c15-14(16,17)11-3-1-10(2-4-11)8-19-13(20)7-12-9-18-5-6-21-12;/h1-4,12,18H,5-9H2,(H,19,20);1H. The van der Waals surface area contributed by atoms with E-state index in [2.05, 4.69) is 10.6 Å². The van der Waals surface area contributed by atoms with Crippen LogP contribution in [-0.4, -0.2) is 31.7 Å². The molecule has 0 saturated carbocycles. The minimum atomic E-state index is -4.34. The number of rotatable bonds is 4. The highest BCUT2D eigenvalue weighted by Crippen LogP contribution is 2.29. The molecule has 1 atom stereocenters. The van der Waals surface area contributed by atoms with E-state index in [9.17, 15) is 18.0 Å². The molecule has 1 aromatic rings. The molecule has 1 fully saturated rings. The van der Waals surface area contributed by atoms with Gasteiger partial charge < -0.3 is 15.4 Å². The van der Waals surface area contributed by atoms with Crippen LogP contribution in [0.5, 0.6) is 0 Å². The molecule has 1 saturated heterocycles. The molecule has 0 aromatic heterocycles. The largest absolute Gasteiger partial charge is 0.416 e. The Morgan fingerprint density at radius 3 is 2.55 bits per heavy atom. The van der Waals surface area contributed by atoms with Crippen molar-refractivity contribution in [3.63, 3.8) is 0 Å². The highest BCUT2D eigenvalue weighted by Gasteiger charge is 2.29. The van der Waals surface area contributed by atoms with E-state index in [1.54, 1.807) is 0 Å². The maximum Gasteiger partial charge on any atom is 0.416 e. The molecule has 8 heteroatoms. The number of ether oxygens (including phenoxy) is 1. The van der Waals surface area contributed by atoms with Crippen LogP contribution in [0.4, 0.5) is 13.2 Å². The molecule has 1 aromatic carbocycles. The van der Waals surface area contributed by atoms with Crippen LogP contribution in [0.3, 0.4) is 0 Å². The molecule has 22 heavy (non-hydrogen) atoms. The lowest BCUT2D eigenvalue weighted by Crippen LogP contribution is -2.41. The van der Waals surface area contributed by atoms with Gasteiger partial charge in [0, 0.05) is 19.6 Å². The molecule has 0 radical (unpaired) electrons. The Kier molecular flexibility index (Phi) is 7.12. The van der Waals surface area contributed by atoms with Gasteiger partial charge in [-0.15, -0.1) is 12.4 Å². The average molecular weight is 339 g/mol. The number of hydrogen-bond acceptors (Lipinski definition) is 3. The first kappa shape index (κ1) is 18.7. The first-order valence-corrected chi connectivity index (χ1v) is 6.70. The van der Waals surface area contributed by atoms with Crippen molar-refractivity contribution >= 4 is 18.3 Å². The van der Waals surface area contributed by atoms with E-state index < -0.39 is 11.7 Å². The summed E-state index contributed by atoms with van der Waals surface area (Å²) < 4.78 is 42.6. The van der Waals surface area contributed by atoms with Crippen LogP contribution in [-0.2, 0) is 22.3 Å². The van der Waals surface area contributed by atoms with Gasteiger partial charge in [-0.25, -0.2) is 0 Å². The van der Waals surface area contributed by atoms with Gasteiger partial charge in [-0.05, 0) is 17.7 Å². The number of hydrogen-bond donors (Lipinski definition) is 2. The summed E-state index contributed by atoms with van der Waals surface area (Å²) in [5, 5.41) is 5.80. The lowest BCUT2D eigenvalue weighted by Gasteiger charge is -2.23. The zero-order valence-electron chi connectivity index (χ0n) is 11.8. The molecular formula is C14H18ClF3N2O2. The van der Waals surface area contributed by atoms with Gasteiger partial charge in [-0.3, -0.25) is 4.79 Å². The Hall–Kier alpha value is -1.31. The molecule has 0 bridgehead atoms. The molecule has 1 unspecified atom stereocenters. The second-order valence-electron chi connectivity index (χ2n) is 4.87. The van der Waals surface area contributed by atoms with E-state index in [4.69, 9.17) is 4.74 Å². The molecule has 1 aliphatic heterocycles. The van der Waals surface area contributed by atoms with Crippen LogP contribution in [0.1, 0.15) is 17.5 Å². The van der Waals surface area contributed by atoms with Gasteiger partial charge in [-0.2, -0.15) is 13.2 Å². The molecule has 0 aliphatic carbocycles. The van der Waals surface area contributed by atoms with Crippen molar-refractivity contribution in [3.8, 4) is 0 Å². The van der Waals surface area contributed by atoms with Crippen LogP contribution in [0.25, 0.3) is 0 Å². The number of alkyl halides is 3. The molecule has 4 nitrogen and oxygen atoms in total. The molecule has 1 amide bonds. The summed E-state index contributed by atoms with van der Waals surface area (Å²) in [6.45, 7) is 2.20. The number of carbonyl (C=O) groups is 1. The molecule has 2 rings (SSSR count). The van der Waals surface area contributed by atoms with Gasteiger partial charge in [0.1, 0.15) is 0 Å². The van der Waals surface area contributed by atoms with Crippen molar-refractivity contribution in [2.45, 2.75) is 25.2 Å². The third kappa shape index (κ3) is 5.82. The highest BCUT2D eigenvalue weighted by atomic mass is 35.5. The van der Waals surface area contributed by atoms with E-state index in [0.717, 1.165) is 18.7 Å². The number of halogens is 4. The monoisotopic (exact) mass is 338 g/mol. The van der Waals surface area contributed by atoms with Gasteiger partial charge in [0.15, 0.2) is 0 Å². The third-order valence-corrected chi connectivity index (χ3v) is 3.19. The Balaban J connectivity index is 0.00000242. The maximum absolute atomic E-state index is 12.4. The average Bonchev–Trinajstić information content (AvgIpc) is 2.46. The van der Waals surface area contributed by atoms with Gasteiger partial charge in [0.25, 0.3) is 0 Å². The maximum atomic E-state index is 12.4. The van der Waals surface area contributed by atoms with E-state index in [-0.39, 0.29) is 37.4 Å². The fourth-order valence-corrected chi connectivity index (χ4v) is 2.04. The van der Waals surface area contributed by atoms with E-state index in [1.165, 1.54) is 12.1 Å². The second-order valence-corrected chi connectivity index (χ2v) is 4.87. The van der Waals surface area contributed by atoms with Gasteiger partial charge in [0.2, 0.25) is 5.91 Å². The lowest BCUT2D eigenvalue weighted by atomic mass is 10.1. The second kappa shape index (κ2) is 8.36. The minimum absolute atomic E-state index is 0. The van der Waals surface area contributed by atoms with Crippen molar-refractivity contribution in [1.29, 1.82) is 0 Å². The summed E-state index contributed by atoms with van der Waals surface area (Å²) >= 11 is 0. The van der Waals surface area contributed by atoms with E-state index in [0.29, 0.717) is 18.7 Å². The van der Waals surface area contributed by atoms with Crippen molar-refractivity contribution in [1.82, 2.24) is 10.6 Å². The number of benzene rings is 1. The summed E-state index contributed by atoms with van der Waals surface area (Å²) in [6.07, 6.45) is -4.24. The number of nitrogens with one attached hydrogen (secondary N) is 2. The molecular weight excluding hydrogens is 321 g/mol. The number of morpholine rings is 1. The van der Waals surface area contributed by atoms with Crippen LogP contribution < -0.4 is 10.6 Å². The van der Waals surface area contributed by atoms with Crippen molar-refractivity contribution < 1.29 is 22.7 Å². The summed E-state index contributed by atoms with van der Waals surface area (Å²) in [4.78, 5) is 11.7. The number of carbonyl (C=O) groups excluding carboxylic acids is 1. The van der Waals surface area contributed by atoms with Gasteiger partial charge >= 0.3 is 6.18 Å². The Labute approximate surface area is 132 Å². The topological polar surface area (TPSA) is 50.4 Å². The lowest BCUT2D eigenvalue weighted by molar-refractivity contribution is -0.137. The molecule has 2 N–H and O–H groups in total. The van der Waals surface area contributed by atoms with Crippen LogP contribution in [0.15, 0.2) is 24.3 Å². The Morgan fingerprint density at radius 2 is 2.00 bits per heavy atom. The molecule has 124 valence electrons. The summed E-state index contributed by atoms with van der Waals surface area (Å²) in [5.41, 5.74) is -0.0710. The van der Waals surface area contributed by atoms with Gasteiger partial charge in [-0.1, -0.05) is 12.1 Å². The highest BCUT2D eigenvalue weighted by molar-refractivity contribution is 5.85. The predicted molar refractivity (Wildman–Crippen MR) is 77.8 cm³/mol. The minimum Gasteiger partial charge on any atom is -0.375 e. The van der Waals surface area contributed by atoms with Crippen LogP contribution >= 0.6 is 12.4 Å². The zero-order chi connectivity index (χ0) is 15.3. The summed E-state index contributed by atoms with van der Waals surface area (Å²) in [7, 11) is 0. The Bertz CT molecular complexity index is 474. The van der Waals surface area contributed by atoms with E-state index >= 15 is 0 Å². The quantitative estimate of drug-likeness (QED) is 0.884. The first-order chi connectivity index (χ1) is 9.95. The fourth-order valence-electron chi connectivity index (χ4n) is 2.04. The normalized spacial score (nSPS) is 18.4. The number of amides is 1. The molecule has 0 spiro atoms. The fraction of sp³-hybridized carbons (Fsp3) is 0.500. The van der Waals surface area contributed by atoms with Crippen molar-refractivity contribution in [2.24, 2.45) is 0 Å². The van der Waals surface area contributed by atoms with Crippen molar-refractivity contribution in [2.75, 3.05) is 19.7 Å². The zero-order valence-corrected chi connectivity index (χ0v) is 12.6. The summed E-state index contributed by atoms with van der Waals surface area (Å²) in [5.74, 6) is -0.177. The van der Waals surface area contributed by atoms with Crippen LogP contribution in [0, 0.1) is 0 Å². The SMILES string of the molecule is Cl.O=C(CC1CNCCO1)NCc1ccc(C(F)(F)F)cc1. The van der Waals surface area contributed by atoms with Crippen LogP contribution in [0.2, 0.25) is 0 Å². The smallest absolute Gasteiger partial charge is 0.375 e. The summed E-state index contributed by atoms with van der Waals surface area (Å²) in [6, 6.07) is 4.74. The van der Waals surface area contributed by atoms with Gasteiger partial charge in [0.05, 0.1) is 24.7 Å². The Morgan fingerprint density at radius 1 is 1.32 bits per heavy atom. The first-order valence-electron chi connectivity index (χ1n) is 6.70.